The van der Waals surface area contributed by atoms with E-state index in [2.05, 4.69) is 10.0 Å². The summed E-state index contributed by atoms with van der Waals surface area (Å²) < 4.78 is 31.2. The Balaban J connectivity index is 2.03. The molecule has 1 saturated heterocycles. The highest BCUT2D eigenvalue weighted by Gasteiger charge is 2.23. The summed E-state index contributed by atoms with van der Waals surface area (Å²) in [5.41, 5.74) is 0.556. The second kappa shape index (κ2) is 6.34. The second-order valence-electron chi connectivity index (χ2n) is 4.52. The summed E-state index contributed by atoms with van der Waals surface area (Å²) in [6.07, 6.45) is 1.21. The van der Waals surface area contributed by atoms with Gasteiger partial charge >= 0.3 is 0 Å². The molecule has 0 spiro atoms. The number of hydrogen-bond donors (Lipinski definition) is 2. The number of sulfonamides is 1. The van der Waals surface area contributed by atoms with Crippen molar-refractivity contribution in [3.05, 3.63) is 24.3 Å². The first-order chi connectivity index (χ1) is 9.53. The Morgan fingerprint density at radius 1 is 1.35 bits per heavy atom. The van der Waals surface area contributed by atoms with Gasteiger partial charge in [0.2, 0.25) is 10.0 Å². The number of hydrogen-bond acceptors (Lipinski definition) is 4. The van der Waals surface area contributed by atoms with E-state index in [9.17, 15) is 13.2 Å². The van der Waals surface area contributed by atoms with Crippen LogP contribution in [-0.2, 0) is 19.6 Å². The fraction of sp³-hybridized carbons (Fsp3) is 0.462. The third-order valence-electron chi connectivity index (χ3n) is 2.99. The van der Waals surface area contributed by atoms with Crippen LogP contribution >= 0.6 is 0 Å². The zero-order valence-electron chi connectivity index (χ0n) is 11.3. The lowest BCUT2D eigenvalue weighted by molar-refractivity contribution is -0.124. The summed E-state index contributed by atoms with van der Waals surface area (Å²) >= 11 is 0. The van der Waals surface area contributed by atoms with Gasteiger partial charge in [0.25, 0.3) is 5.91 Å². The third kappa shape index (κ3) is 3.56. The lowest BCUT2D eigenvalue weighted by Crippen LogP contribution is -2.27. The molecule has 1 aliphatic rings. The first kappa shape index (κ1) is 15.0. The maximum atomic E-state index is 11.8. The van der Waals surface area contributed by atoms with Crippen molar-refractivity contribution in [1.82, 2.24) is 4.72 Å². The summed E-state index contributed by atoms with van der Waals surface area (Å²) in [5, 5.41) is 2.72. The lowest BCUT2D eigenvalue weighted by atomic mass is 10.2. The molecule has 0 radical (unpaired) electrons. The van der Waals surface area contributed by atoms with Gasteiger partial charge in [-0.05, 0) is 37.1 Å². The van der Waals surface area contributed by atoms with Gasteiger partial charge in [-0.1, -0.05) is 6.92 Å². The quantitative estimate of drug-likeness (QED) is 0.852. The Hall–Kier alpha value is -1.44. The minimum atomic E-state index is -3.46. The first-order valence-electron chi connectivity index (χ1n) is 6.55. The highest BCUT2D eigenvalue weighted by Crippen LogP contribution is 2.17. The molecule has 0 aliphatic carbocycles. The molecule has 1 heterocycles. The molecule has 1 aromatic rings. The Labute approximate surface area is 118 Å². The SMILES string of the molecule is CCNS(=O)(=O)c1ccc(NC(=O)[C@@H]2CCCO2)cc1. The Morgan fingerprint density at radius 2 is 2.05 bits per heavy atom. The monoisotopic (exact) mass is 298 g/mol. The molecule has 110 valence electrons. The van der Waals surface area contributed by atoms with Gasteiger partial charge in [0.15, 0.2) is 0 Å². The van der Waals surface area contributed by atoms with Crippen molar-refractivity contribution >= 4 is 21.6 Å². The largest absolute Gasteiger partial charge is 0.368 e. The molecule has 2 N–H and O–H groups in total. The van der Waals surface area contributed by atoms with Crippen LogP contribution in [0.15, 0.2) is 29.2 Å². The van der Waals surface area contributed by atoms with Gasteiger partial charge in [0, 0.05) is 18.8 Å². The second-order valence-corrected chi connectivity index (χ2v) is 6.28. The predicted molar refractivity (Wildman–Crippen MR) is 74.9 cm³/mol. The van der Waals surface area contributed by atoms with Crippen LogP contribution in [0.2, 0.25) is 0 Å². The van der Waals surface area contributed by atoms with Gasteiger partial charge in [-0.15, -0.1) is 0 Å². The summed E-state index contributed by atoms with van der Waals surface area (Å²) in [7, 11) is -3.46. The maximum Gasteiger partial charge on any atom is 0.253 e. The summed E-state index contributed by atoms with van der Waals surface area (Å²) in [5.74, 6) is -0.190. The molecule has 0 saturated carbocycles. The highest BCUT2D eigenvalue weighted by molar-refractivity contribution is 7.89. The third-order valence-corrected chi connectivity index (χ3v) is 4.55. The van der Waals surface area contributed by atoms with Crippen molar-refractivity contribution in [1.29, 1.82) is 0 Å². The van der Waals surface area contributed by atoms with Crippen LogP contribution < -0.4 is 10.0 Å². The molecule has 0 bridgehead atoms. The van der Waals surface area contributed by atoms with Gasteiger partial charge in [-0.2, -0.15) is 0 Å². The van der Waals surface area contributed by atoms with Gasteiger partial charge in [-0.3, -0.25) is 4.79 Å². The van der Waals surface area contributed by atoms with Gasteiger partial charge in [0.05, 0.1) is 4.90 Å². The average Bonchev–Trinajstić information content (AvgIpc) is 2.93. The van der Waals surface area contributed by atoms with Crippen LogP contribution in [0.25, 0.3) is 0 Å². The first-order valence-corrected chi connectivity index (χ1v) is 8.03. The van der Waals surface area contributed by atoms with Crippen molar-refractivity contribution in [3.63, 3.8) is 0 Å². The number of carbonyl (C=O) groups excluding carboxylic acids is 1. The van der Waals surface area contributed by atoms with Crippen molar-refractivity contribution in [2.24, 2.45) is 0 Å². The standard InChI is InChI=1S/C13H18N2O4S/c1-2-14-20(17,18)11-7-5-10(6-8-11)15-13(16)12-4-3-9-19-12/h5-8,12,14H,2-4,9H2,1H3,(H,15,16)/t12-/m0/s1. The molecule has 6 nitrogen and oxygen atoms in total. The van der Waals surface area contributed by atoms with Crippen LogP contribution in [0.1, 0.15) is 19.8 Å². The number of rotatable bonds is 5. The number of amides is 1. The van der Waals surface area contributed by atoms with Gasteiger partial charge in [-0.25, -0.2) is 13.1 Å². The predicted octanol–water partition coefficient (Wildman–Crippen LogP) is 1.10. The normalized spacial score (nSPS) is 18.9. The minimum Gasteiger partial charge on any atom is -0.368 e. The summed E-state index contributed by atoms with van der Waals surface area (Å²) in [6.45, 7) is 2.66. The Kier molecular flexibility index (Phi) is 4.74. The molecule has 1 aromatic carbocycles. The molecule has 2 rings (SSSR count). The van der Waals surface area contributed by atoms with Crippen LogP contribution in [0.5, 0.6) is 0 Å². The van der Waals surface area contributed by atoms with E-state index in [1.54, 1.807) is 19.1 Å². The summed E-state index contributed by atoms with van der Waals surface area (Å²) in [4.78, 5) is 12.0. The van der Waals surface area contributed by atoms with E-state index in [1.165, 1.54) is 12.1 Å². The number of carbonyl (C=O) groups is 1. The van der Waals surface area contributed by atoms with Gasteiger partial charge < -0.3 is 10.1 Å². The van der Waals surface area contributed by atoms with Crippen molar-refractivity contribution < 1.29 is 17.9 Å². The van der Waals surface area contributed by atoms with Crippen LogP contribution in [0.3, 0.4) is 0 Å². The van der Waals surface area contributed by atoms with Crippen molar-refractivity contribution in [3.8, 4) is 0 Å². The van der Waals surface area contributed by atoms with E-state index in [0.29, 0.717) is 18.8 Å². The fourth-order valence-corrected chi connectivity index (χ4v) is 3.04. The van der Waals surface area contributed by atoms with E-state index >= 15 is 0 Å². The van der Waals surface area contributed by atoms with Crippen LogP contribution in [0.4, 0.5) is 5.69 Å². The van der Waals surface area contributed by atoms with Gasteiger partial charge in [0.1, 0.15) is 6.10 Å². The number of benzene rings is 1. The van der Waals surface area contributed by atoms with E-state index < -0.39 is 16.1 Å². The number of ether oxygens (including phenoxy) is 1. The number of nitrogens with one attached hydrogen (secondary N) is 2. The number of anilines is 1. The minimum absolute atomic E-state index is 0.175. The molecule has 1 amide bonds. The molecular weight excluding hydrogens is 280 g/mol. The Bertz CT molecular complexity index is 563. The highest BCUT2D eigenvalue weighted by atomic mass is 32.2. The summed E-state index contributed by atoms with van der Waals surface area (Å²) in [6, 6.07) is 6.06. The molecule has 0 unspecified atom stereocenters. The molecule has 7 heteroatoms. The molecule has 0 aromatic heterocycles. The Morgan fingerprint density at radius 3 is 2.60 bits per heavy atom. The molecular formula is C13H18N2O4S. The maximum absolute atomic E-state index is 11.8. The average molecular weight is 298 g/mol. The van der Waals surface area contributed by atoms with E-state index in [0.717, 1.165) is 12.8 Å². The zero-order chi connectivity index (χ0) is 14.6. The lowest BCUT2D eigenvalue weighted by Gasteiger charge is -2.11. The fourth-order valence-electron chi connectivity index (χ4n) is 2.00. The van der Waals surface area contributed by atoms with Crippen molar-refractivity contribution in [2.45, 2.75) is 30.8 Å². The smallest absolute Gasteiger partial charge is 0.253 e. The molecule has 20 heavy (non-hydrogen) atoms. The van der Waals surface area contributed by atoms with E-state index in [4.69, 9.17) is 4.74 Å². The molecule has 1 aliphatic heterocycles. The zero-order valence-corrected chi connectivity index (χ0v) is 12.1. The van der Waals surface area contributed by atoms with Crippen LogP contribution in [-0.4, -0.2) is 33.6 Å². The van der Waals surface area contributed by atoms with E-state index in [-0.39, 0.29) is 10.8 Å². The van der Waals surface area contributed by atoms with Crippen molar-refractivity contribution in [2.75, 3.05) is 18.5 Å². The topological polar surface area (TPSA) is 84.5 Å². The van der Waals surface area contributed by atoms with E-state index in [1.807, 2.05) is 0 Å². The van der Waals surface area contributed by atoms with Crippen LogP contribution in [0, 0.1) is 0 Å². The molecule has 1 fully saturated rings. The molecule has 1 atom stereocenters.